The zero-order valence-electron chi connectivity index (χ0n) is 8.53. The third-order valence-corrected chi connectivity index (χ3v) is 2.32. The molecule has 0 fully saturated rings. The molecule has 0 radical (unpaired) electrons. The molecule has 0 aromatic rings. The van der Waals surface area contributed by atoms with Crippen molar-refractivity contribution in [3.63, 3.8) is 0 Å². The van der Waals surface area contributed by atoms with Crippen molar-refractivity contribution in [1.29, 1.82) is 0 Å². The van der Waals surface area contributed by atoms with E-state index in [0.29, 0.717) is 5.57 Å². The van der Waals surface area contributed by atoms with Gasteiger partial charge in [-0.05, 0) is 31.4 Å². The second-order valence-corrected chi connectivity index (χ2v) is 3.09. The van der Waals surface area contributed by atoms with E-state index >= 15 is 0 Å². The molecule has 1 aliphatic heterocycles. The van der Waals surface area contributed by atoms with Gasteiger partial charge in [-0.1, -0.05) is 13.8 Å². The first-order valence-electron chi connectivity index (χ1n) is 4.80. The van der Waals surface area contributed by atoms with E-state index in [2.05, 4.69) is 24.1 Å². The molecule has 0 saturated heterocycles. The second-order valence-electron chi connectivity index (χ2n) is 3.09. The molecule has 1 heterocycles. The summed E-state index contributed by atoms with van der Waals surface area (Å²) in [6, 6.07) is 0. The number of carboxylic acid groups (broad SMARTS) is 1. The molecule has 4 heteroatoms. The number of aliphatic carboxylic acids is 1. The Kier molecular flexibility index (Phi) is 3.71. The molecule has 1 unspecified atom stereocenters. The van der Waals surface area contributed by atoms with Gasteiger partial charge in [-0.3, -0.25) is 4.90 Å². The van der Waals surface area contributed by atoms with Crippen LogP contribution in [0.2, 0.25) is 0 Å². The van der Waals surface area contributed by atoms with Crippen molar-refractivity contribution >= 4 is 5.97 Å². The van der Waals surface area contributed by atoms with Gasteiger partial charge in [-0.25, -0.2) is 4.79 Å². The Balaban J connectivity index is 2.74. The highest BCUT2D eigenvalue weighted by Crippen LogP contribution is 2.08. The molecular formula is C10H16N2O2. The van der Waals surface area contributed by atoms with Crippen LogP contribution in [-0.4, -0.2) is 35.2 Å². The zero-order valence-corrected chi connectivity index (χ0v) is 8.53. The monoisotopic (exact) mass is 196 g/mol. The zero-order chi connectivity index (χ0) is 10.6. The maximum Gasteiger partial charge on any atom is 0.335 e. The average Bonchev–Trinajstić information content (AvgIpc) is 2.20. The van der Waals surface area contributed by atoms with E-state index in [1.165, 1.54) is 0 Å². The summed E-state index contributed by atoms with van der Waals surface area (Å²) in [5.41, 5.74) is 0.348. The van der Waals surface area contributed by atoms with Crippen molar-refractivity contribution in [2.45, 2.75) is 20.0 Å². The lowest BCUT2D eigenvalue weighted by Gasteiger charge is -2.29. The van der Waals surface area contributed by atoms with Crippen molar-refractivity contribution in [2.75, 3.05) is 13.1 Å². The Hall–Kier alpha value is -1.29. The summed E-state index contributed by atoms with van der Waals surface area (Å²) in [5, 5.41) is 11.9. The summed E-state index contributed by atoms with van der Waals surface area (Å²) in [5.74, 6) is -0.875. The quantitative estimate of drug-likeness (QED) is 0.697. The molecule has 1 aliphatic rings. The van der Waals surface area contributed by atoms with Crippen LogP contribution in [0.1, 0.15) is 13.8 Å². The predicted octanol–water partition coefficient (Wildman–Crippen LogP) is 0.782. The van der Waals surface area contributed by atoms with Gasteiger partial charge in [0.1, 0.15) is 0 Å². The van der Waals surface area contributed by atoms with Gasteiger partial charge in [0.15, 0.2) is 0 Å². The number of carboxylic acids is 1. The van der Waals surface area contributed by atoms with E-state index in [-0.39, 0.29) is 6.17 Å². The smallest absolute Gasteiger partial charge is 0.335 e. The molecule has 0 bridgehead atoms. The van der Waals surface area contributed by atoms with Crippen LogP contribution in [0.15, 0.2) is 23.9 Å². The van der Waals surface area contributed by atoms with Crippen molar-refractivity contribution in [2.24, 2.45) is 0 Å². The van der Waals surface area contributed by atoms with Crippen molar-refractivity contribution < 1.29 is 9.90 Å². The lowest BCUT2D eigenvalue weighted by atomic mass is 10.1. The second kappa shape index (κ2) is 4.81. The Morgan fingerprint density at radius 2 is 2.21 bits per heavy atom. The largest absolute Gasteiger partial charge is 0.478 e. The third kappa shape index (κ3) is 2.35. The Bertz CT molecular complexity index is 267. The molecule has 0 amide bonds. The average molecular weight is 196 g/mol. The fourth-order valence-corrected chi connectivity index (χ4v) is 1.48. The van der Waals surface area contributed by atoms with Gasteiger partial charge in [-0.15, -0.1) is 0 Å². The number of likely N-dealkylation sites (N-methyl/N-ethyl adjacent to an activating group) is 1. The highest BCUT2D eigenvalue weighted by Gasteiger charge is 2.16. The van der Waals surface area contributed by atoms with Crippen molar-refractivity contribution in [3.8, 4) is 0 Å². The molecule has 1 rings (SSSR count). The number of dihydropyridines is 1. The van der Waals surface area contributed by atoms with Crippen molar-refractivity contribution in [3.05, 3.63) is 23.9 Å². The molecule has 0 saturated carbocycles. The molecule has 0 spiro atoms. The lowest BCUT2D eigenvalue weighted by Crippen LogP contribution is -2.43. The minimum Gasteiger partial charge on any atom is -0.478 e. The van der Waals surface area contributed by atoms with Gasteiger partial charge in [0.05, 0.1) is 11.7 Å². The highest BCUT2D eigenvalue weighted by atomic mass is 16.4. The van der Waals surface area contributed by atoms with E-state index in [1.807, 2.05) is 0 Å². The molecular weight excluding hydrogens is 180 g/mol. The molecule has 78 valence electrons. The maximum atomic E-state index is 10.7. The summed E-state index contributed by atoms with van der Waals surface area (Å²) in [6.45, 7) is 5.90. The summed E-state index contributed by atoms with van der Waals surface area (Å²) < 4.78 is 0. The van der Waals surface area contributed by atoms with Gasteiger partial charge in [0, 0.05) is 0 Å². The van der Waals surface area contributed by atoms with E-state index in [1.54, 1.807) is 18.4 Å². The highest BCUT2D eigenvalue weighted by molar-refractivity contribution is 5.90. The Labute approximate surface area is 83.9 Å². The molecule has 4 nitrogen and oxygen atoms in total. The van der Waals surface area contributed by atoms with Crippen LogP contribution in [0.3, 0.4) is 0 Å². The Morgan fingerprint density at radius 1 is 1.57 bits per heavy atom. The first kappa shape index (κ1) is 10.8. The number of hydrogen-bond acceptors (Lipinski definition) is 3. The number of nitrogens with zero attached hydrogens (tertiary/aromatic N) is 1. The Morgan fingerprint density at radius 3 is 2.71 bits per heavy atom. The SMILES string of the molecule is CCN(CC)C1C=C(C(=O)O)C=CN1. The number of rotatable bonds is 4. The number of nitrogens with one attached hydrogen (secondary N) is 1. The molecule has 0 aliphatic carbocycles. The maximum absolute atomic E-state index is 10.7. The van der Waals surface area contributed by atoms with E-state index in [9.17, 15) is 4.79 Å². The van der Waals surface area contributed by atoms with Crippen molar-refractivity contribution in [1.82, 2.24) is 10.2 Å². The summed E-state index contributed by atoms with van der Waals surface area (Å²) >= 11 is 0. The van der Waals surface area contributed by atoms with Gasteiger partial charge in [0.25, 0.3) is 0 Å². The topological polar surface area (TPSA) is 52.6 Å². The van der Waals surface area contributed by atoms with Crippen LogP contribution in [0, 0.1) is 0 Å². The van der Waals surface area contributed by atoms with Crippen LogP contribution < -0.4 is 5.32 Å². The molecule has 1 atom stereocenters. The fourth-order valence-electron chi connectivity index (χ4n) is 1.48. The van der Waals surface area contributed by atoms with E-state index < -0.39 is 5.97 Å². The summed E-state index contributed by atoms with van der Waals surface area (Å²) in [4.78, 5) is 12.9. The van der Waals surface area contributed by atoms with E-state index in [0.717, 1.165) is 13.1 Å². The van der Waals surface area contributed by atoms with Gasteiger partial charge in [-0.2, -0.15) is 0 Å². The summed E-state index contributed by atoms with van der Waals surface area (Å²) in [7, 11) is 0. The van der Waals surface area contributed by atoms with E-state index in [4.69, 9.17) is 5.11 Å². The van der Waals surface area contributed by atoms with Crippen LogP contribution in [0.25, 0.3) is 0 Å². The third-order valence-electron chi connectivity index (χ3n) is 2.32. The predicted molar refractivity (Wildman–Crippen MR) is 54.7 cm³/mol. The normalized spacial score (nSPS) is 20.5. The van der Waals surface area contributed by atoms with Crippen LogP contribution in [0.5, 0.6) is 0 Å². The lowest BCUT2D eigenvalue weighted by molar-refractivity contribution is -0.132. The molecule has 2 N–H and O–H groups in total. The van der Waals surface area contributed by atoms with Gasteiger partial charge < -0.3 is 10.4 Å². The fraction of sp³-hybridized carbons (Fsp3) is 0.500. The summed E-state index contributed by atoms with van der Waals surface area (Å²) in [6.07, 6.45) is 4.99. The number of hydrogen-bond donors (Lipinski definition) is 2. The first-order chi connectivity index (χ1) is 6.69. The molecule has 14 heavy (non-hydrogen) atoms. The standard InChI is InChI=1S/C10H16N2O2/c1-3-12(4-2)9-7-8(10(13)14)5-6-11-9/h5-7,9,11H,3-4H2,1-2H3,(H,13,14). The van der Waals surface area contributed by atoms with Gasteiger partial charge >= 0.3 is 5.97 Å². The minimum atomic E-state index is -0.875. The molecule has 0 aromatic carbocycles. The van der Waals surface area contributed by atoms with Gasteiger partial charge in [0.2, 0.25) is 0 Å². The van der Waals surface area contributed by atoms with Crippen LogP contribution in [-0.2, 0) is 4.79 Å². The van der Waals surface area contributed by atoms with Crippen LogP contribution >= 0.6 is 0 Å². The molecule has 0 aromatic heterocycles. The first-order valence-corrected chi connectivity index (χ1v) is 4.80. The number of carbonyl (C=O) groups is 1. The minimum absolute atomic E-state index is 0.00102. The van der Waals surface area contributed by atoms with Crippen LogP contribution in [0.4, 0.5) is 0 Å².